The van der Waals surface area contributed by atoms with Crippen molar-refractivity contribution in [3.63, 3.8) is 0 Å². The molecule has 0 bridgehead atoms. The summed E-state index contributed by atoms with van der Waals surface area (Å²) in [7, 11) is 0. The van der Waals surface area contributed by atoms with Gasteiger partial charge in [0.15, 0.2) is 0 Å². The molecule has 20 heavy (non-hydrogen) atoms. The van der Waals surface area contributed by atoms with Gasteiger partial charge in [0.25, 0.3) is 0 Å². The van der Waals surface area contributed by atoms with Gasteiger partial charge >= 0.3 is 12.2 Å². The van der Waals surface area contributed by atoms with Crippen molar-refractivity contribution in [3.8, 4) is 11.8 Å². The van der Waals surface area contributed by atoms with E-state index in [1.807, 2.05) is 0 Å². The average molecular weight is 283 g/mol. The zero-order chi connectivity index (χ0) is 14.8. The van der Waals surface area contributed by atoms with E-state index in [0.717, 1.165) is 17.7 Å². The maximum atomic E-state index is 12.6. The van der Waals surface area contributed by atoms with Crippen LogP contribution in [0.3, 0.4) is 0 Å². The van der Waals surface area contributed by atoms with Crippen LogP contribution in [0.1, 0.15) is 16.8 Å². The molecule has 106 valence electrons. The molecule has 0 fully saturated rings. The number of alkyl halides is 3. The van der Waals surface area contributed by atoms with E-state index in [2.05, 4.69) is 9.97 Å². The minimum absolute atomic E-state index is 0.0148. The number of ether oxygens (including phenoxy) is 1. The zero-order valence-electron chi connectivity index (χ0n) is 10.6. The first-order valence-electron chi connectivity index (χ1n) is 5.78. The second-order valence-corrected chi connectivity index (χ2v) is 4.10. The van der Waals surface area contributed by atoms with E-state index in [-0.39, 0.29) is 18.3 Å². The quantitative estimate of drug-likeness (QED) is 0.940. The van der Waals surface area contributed by atoms with Gasteiger partial charge in [0.1, 0.15) is 5.75 Å². The minimum Gasteiger partial charge on any atom is -0.424 e. The third kappa shape index (κ3) is 3.24. The van der Waals surface area contributed by atoms with Crippen molar-refractivity contribution in [2.24, 2.45) is 5.73 Å². The lowest BCUT2D eigenvalue weighted by Gasteiger charge is -2.09. The van der Waals surface area contributed by atoms with E-state index in [1.165, 1.54) is 18.3 Å². The fraction of sp³-hybridized carbons (Fsp3) is 0.231. The molecule has 0 aliphatic rings. The zero-order valence-corrected chi connectivity index (χ0v) is 10.6. The predicted octanol–water partition coefficient (Wildman–Crippen LogP) is 3.05. The number of halogens is 3. The van der Waals surface area contributed by atoms with Crippen LogP contribution in [0.4, 0.5) is 13.2 Å². The molecule has 0 amide bonds. The van der Waals surface area contributed by atoms with Crippen molar-refractivity contribution < 1.29 is 17.9 Å². The summed E-state index contributed by atoms with van der Waals surface area (Å²) < 4.78 is 42.9. The van der Waals surface area contributed by atoms with Crippen LogP contribution in [0.5, 0.6) is 11.8 Å². The highest BCUT2D eigenvalue weighted by Gasteiger charge is 2.30. The van der Waals surface area contributed by atoms with Crippen molar-refractivity contribution in [3.05, 3.63) is 47.3 Å². The second-order valence-electron chi connectivity index (χ2n) is 4.10. The van der Waals surface area contributed by atoms with E-state index in [1.54, 1.807) is 6.92 Å². The summed E-state index contributed by atoms with van der Waals surface area (Å²) in [5.74, 6) is 0.0275. The molecule has 0 atom stereocenters. The van der Waals surface area contributed by atoms with Gasteiger partial charge in [-0.05, 0) is 25.1 Å². The fourth-order valence-corrected chi connectivity index (χ4v) is 1.56. The van der Waals surface area contributed by atoms with E-state index >= 15 is 0 Å². The first-order chi connectivity index (χ1) is 9.40. The van der Waals surface area contributed by atoms with Crippen molar-refractivity contribution in [2.45, 2.75) is 19.6 Å². The predicted molar refractivity (Wildman–Crippen MR) is 66.2 cm³/mol. The Hall–Kier alpha value is -2.15. The van der Waals surface area contributed by atoms with Crippen LogP contribution in [0.15, 0.2) is 30.5 Å². The summed E-state index contributed by atoms with van der Waals surface area (Å²) >= 11 is 0. The fourth-order valence-electron chi connectivity index (χ4n) is 1.56. The Morgan fingerprint density at radius 3 is 2.65 bits per heavy atom. The van der Waals surface area contributed by atoms with Gasteiger partial charge in [-0.2, -0.15) is 18.2 Å². The normalized spacial score (nSPS) is 11.4. The molecule has 0 aliphatic carbocycles. The maximum Gasteiger partial charge on any atom is 0.416 e. The average Bonchev–Trinajstić information content (AvgIpc) is 2.38. The lowest BCUT2D eigenvalue weighted by Crippen LogP contribution is -2.05. The third-order valence-electron chi connectivity index (χ3n) is 2.65. The van der Waals surface area contributed by atoms with Gasteiger partial charge < -0.3 is 10.5 Å². The topological polar surface area (TPSA) is 61.0 Å². The smallest absolute Gasteiger partial charge is 0.416 e. The highest BCUT2D eigenvalue weighted by Crippen LogP contribution is 2.32. The van der Waals surface area contributed by atoms with Gasteiger partial charge in [-0.15, -0.1) is 0 Å². The van der Waals surface area contributed by atoms with Gasteiger partial charge in [0.05, 0.1) is 5.56 Å². The third-order valence-corrected chi connectivity index (χ3v) is 2.65. The van der Waals surface area contributed by atoms with Crippen LogP contribution < -0.4 is 10.5 Å². The Morgan fingerprint density at radius 2 is 2.05 bits per heavy atom. The molecule has 2 aromatic rings. The summed E-state index contributed by atoms with van der Waals surface area (Å²) in [5.41, 5.74) is 6.07. The molecule has 0 aliphatic heterocycles. The maximum absolute atomic E-state index is 12.6. The van der Waals surface area contributed by atoms with Crippen LogP contribution in [-0.4, -0.2) is 9.97 Å². The molecule has 0 unspecified atom stereocenters. The second kappa shape index (κ2) is 5.46. The Balaban J connectivity index is 2.24. The van der Waals surface area contributed by atoms with Crippen molar-refractivity contribution in [2.75, 3.05) is 0 Å². The Morgan fingerprint density at radius 1 is 1.30 bits per heavy atom. The molecule has 1 heterocycles. The molecule has 2 N–H and O–H groups in total. The van der Waals surface area contributed by atoms with Gasteiger partial charge in [-0.25, -0.2) is 4.98 Å². The van der Waals surface area contributed by atoms with Crippen molar-refractivity contribution in [1.82, 2.24) is 9.97 Å². The van der Waals surface area contributed by atoms with E-state index in [0.29, 0.717) is 5.69 Å². The van der Waals surface area contributed by atoms with E-state index in [4.69, 9.17) is 10.5 Å². The Bertz CT molecular complexity index is 614. The van der Waals surface area contributed by atoms with Crippen LogP contribution >= 0.6 is 0 Å². The van der Waals surface area contributed by atoms with Gasteiger partial charge in [-0.3, -0.25) is 0 Å². The minimum atomic E-state index is -4.42. The summed E-state index contributed by atoms with van der Waals surface area (Å²) in [6.45, 7) is 2.01. The molecular weight excluding hydrogens is 271 g/mol. The number of nitrogens with zero attached hydrogens (tertiary/aromatic N) is 2. The number of hydrogen-bond acceptors (Lipinski definition) is 4. The van der Waals surface area contributed by atoms with Crippen molar-refractivity contribution in [1.29, 1.82) is 0 Å². The number of aryl methyl sites for hydroxylation is 1. The van der Waals surface area contributed by atoms with Crippen LogP contribution in [0.25, 0.3) is 0 Å². The molecule has 0 saturated heterocycles. The number of hydrogen-bond donors (Lipinski definition) is 1. The molecule has 0 spiro atoms. The highest BCUT2D eigenvalue weighted by molar-refractivity contribution is 5.32. The molecule has 1 aromatic heterocycles. The molecule has 1 aromatic carbocycles. The van der Waals surface area contributed by atoms with Gasteiger partial charge in [-0.1, -0.05) is 6.07 Å². The molecule has 4 nitrogen and oxygen atoms in total. The summed E-state index contributed by atoms with van der Waals surface area (Å²) in [6, 6.07) is 4.52. The number of benzene rings is 1. The monoisotopic (exact) mass is 283 g/mol. The van der Waals surface area contributed by atoms with Crippen LogP contribution in [-0.2, 0) is 12.7 Å². The van der Waals surface area contributed by atoms with Crippen LogP contribution in [0.2, 0.25) is 0 Å². The lowest BCUT2D eigenvalue weighted by molar-refractivity contribution is -0.137. The Labute approximate surface area is 113 Å². The lowest BCUT2D eigenvalue weighted by atomic mass is 10.2. The van der Waals surface area contributed by atoms with Gasteiger partial charge in [0.2, 0.25) is 0 Å². The largest absolute Gasteiger partial charge is 0.424 e. The summed E-state index contributed by atoms with van der Waals surface area (Å²) in [5, 5.41) is 0. The molecule has 0 radical (unpaired) electrons. The first-order valence-corrected chi connectivity index (χ1v) is 5.78. The molecule has 0 saturated carbocycles. The van der Waals surface area contributed by atoms with E-state index < -0.39 is 11.7 Å². The first kappa shape index (κ1) is 14.3. The Kier molecular flexibility index (Phi) is 3.89. The molecular formula is C13H12F3N3O. The standard InChI is InChI=1S/C13H12F3N3O/c1-8-9(6-17)7-18-12(19-8)20-11-4-2-3-10(5-11)13(14,15)16/h2-5,7H,6,17H2,1H3. The van der Waals surface area contributed by atoms with Crippen molar-refractivity contribution >= 4 is 0 Å². The summed E-state index contributed by atoms with van der Waals surface area (Å²) in [6.07, 6.45) is -2.93. The number of nitrogens with two attached hydrogens (primary N) is 1. The van der Waals surface area contributed by atoms with Gasteiger partial charge in [0, 0.05) is 24.0 Å². The molecule has 7 heteroatoms. The number of aromatic nitrogens is 2. The van der Waals surface area contributed by atoms with E-state index in [9.17, 15) is 13.2 Å². The SMILES string of the molecule is Cc1nc(Oc2cccc(C(F)(F)F)c2)ncc1CN. The summed E-state index contributed by atoms with van der Waals surface area (Å²) in [4.78, 5) is 7.94. The number of rotatable bonds is 3. The highest BCUT2D eigenvalue weighted by atomic mass is 19.4. The van der Waals surface area contributed by atoms with Crippen LogP contribution in [0, 0.1) is 6.92 Å². The molecule has 2 rings (SSSR count).